The van der Waals surface area contributed by atoms with Crippen molar-refractivity contribution in [2.75, 3.05) is 13.7 Å². The Labute approximate surface area is 201 Å². The Kier molecular flexibility index (Phi) is 7.33. The van der Waals surface area contributed by atoms with Crippen LogP contribution in [0.1, 0.15) is 57.8 Å². The molecule has 1 aromatic carbocycles. The van der Waals surface area contributed by atoms with Crippen molar-refractivity contribution in [2.45, 2.75) is 39.2 Å². The number of aryl methyl sites for hydroxylation is 1. The molecule has 1 fully saturated rings. The zero-order valence-corrected chi connectivity index (χ0v) is 19.6. The normalized spacial score (nSPS) is 17.7. The number of aromatic nitrogens is 4. The fraction of sp³-hybridized carbons (Fsp3) is 0.417. The van der Waals surface area contributed by atoms with Gasteiger partial charge in [-0.2, -0.15) is 14.6 Å². The maximum absolute atomic E-state index is 13.5. The molecule has 3 aromatic rings. The summed E-state index contributed by atoms with van der Waals surface area (Å²) in [5, 5.41) is 9.67. The van der Waals surface area contributed by atoms with E-state index in [1.54, 1.807) is 19.1 Å². The van der Waals surface area contributed by atoms with Crippen LogP contribution in [0.2, 0.25) is 0 Å². The number of nitrogens with one attached hydrogen (secondary N) is 2. The summed E-state index contributed by atoms with van der Waals surface area (Å²) in [5.41, 5.74) is 1.35. The van der Waals surface area contributed by atoms with E-state index in [0.717, 1.165) is 24.8 Å². The molecule has 2 atom stereocenters. The van der Waals surface area contributed by atoms with Crippen LogP contribution >= 0.6 is 0 Å². The van der Waals surface area contributed by atoms with Gasteiger partial charge >= 0.3 is 5.97 Å². The van der Waals surface area contributed by atoms with Crippen molar-refractivity contribution in [3.63, 3.8) is 0 Å². The minimum atomic E-state index is -0.500. The smallest absolute Gasteiger partial charge is 0.308 e. The Balaban J connectivity index is 1.44. The number of amides is 2. The average molecular weight is 483 g/mol. The minimum absolute atomic E-state index is 0.0119. The molecule has 35 heavy (non-hydrogen) atoms. The van der Waals surface area contributed by atoms with Gasteiger partial charge in [0.1, 0.15) is 23.5 Å². The maximum atomic E-state index is 13.5. The Morgan fingerprint density at radius 1 is 1.17 bits per heavy atom. The van der Waals surface area contributed by atoms with E-state index in [-0.39, 0.29) is 47.3 Å². The van der Waals surface area contributed by atoms with Crippen LogP contribution in [0.4, 0.5) is 4.39 Å². The van der Waals surface area contributed by atoms with Gasteiger partial charge in [-0.15, -0.1) is 0 Å². The zero-order valence-electron chi connectivity index (χ0n) is 19.6. The molecule has 0 spiro atoms. The number of fused-ring (bicyclic) bond motifs is 1. The zero-order chi connectivity index (χ0) is 24.9. The van der Waals surface area contributed by atoms with E-state index in [4.69, 9.17) is 4.74 Å². The maximum Gasteiger partial charge on any atom is 0.308 e. The highest BCUT2D eigenvalue weighted by Crippen LogP contribution is 2.29. The summed E-state index contributed by atoms with van der Waals surface area (Å²) in [7, 11) is 1.38. The van der Waals surface area contributed by atoms with Crippen LogP contribution in [0.3, 0.4) is 0 Å². The molecule has 1 aliphatic rings. The van der Waals surface area contributed by atoms with Crippen molar-refractivity contribution >= 4 is 23.6 Å². The molecule has 1 saturated carbocycles. The third-order valence-corrected chi connectivity index (χ3v) is 6.26. The number of carbonyl (C=O) groups excluding carboxylic acids is 3. The van der Waals surface area contributed by atoms with Gasteiger partial charge < -0.3 is 15.4 Å². The second-order valence-corrected chi connectivity index (χ2v) is 8.73. The number of halogens is 1. The summed E-state index contributed by atoms with van der Waals surface area (Å²) in [6.07, 6.45) is 4.49. The lowest BCUT2D eigenvalue weighted by atomic mass is 9.81. The standard InChI is InChI=1S/C24H27FN6O4/c1-14-8-16(6-7-18(14)25)12-26-21(32)19-10-20(31-24(30-19)28-13-29-31)22(33)27-11-15-4-3-5-17(9-15)23(34)35-2/h6-8,10,13,15,17H,3-5,9,11-12H2,1-2H3,(H,26,32)(H,27,33)/t15-,17?/m1/s1. The molecular formula is C24H27FN6O4. The summed E-state index contributed by atoms with van der Waals surface area (Å²) in [6.45, 7) is 2.20. The fourth-order valence-corrected chi connectivity index (χ4v) is 4.36. The van der Waals surface area contributed by atoms with E-state index < -0.39 is 11.8 Å². The van der Waals surface area contributed by atoms with E-state index >= 15 is 0 Å². The van der Waals surface area contributed by atoms with E-state index in [1.165, 1.54) is 30.1 Å². The second-order valence-electron chi connectivity index (χ2n) is 8.73. The molecule has 0 bridgehead atoms. The lowest BCUT2D eigenvalue weighted by molar-refractivity contribution is -0.147. The number of esters is 1. The molecule has 0 saturated heterocycles. The summed E-state index contributed by atoms with van der Waals surface area (Å²) in [4.78, 5) is 45.9. The van der Waals surface area contributed by atoms with Crippen molar-refractivity contribution < 1.29 is 23.5 Å². The summed E-state index contributed by atoms with van der Waals surface area (Å²) >= 11 is 0. The number of carbonyl (C=O) groups is 3. The van der Waals surface area contributed by atoms with Crippen LogP contribution in [0.5, 0.6) is 0 Å². The molecule has 2 heterocycles. The Morgan fingerprint density at radius 3 is 2.77 bits per heavy atom. The molecule has 11 heteroatoms. The molecule has 0 radical (unpaired) electrons. The highest BCUT2D eigenvalue weighted by molar-refractivity contribution is 5.98. The molecule has 1 unspecified atom stereocenters. The highest BCUT2D eigenvalue weighted by atomic mass is 19.1. The number of rotatable bonds is 7. The van der Waals surface area contributed by atoms with E-state index in [9.17, 15) is 18.8 Å². The summed E-state index contributed by atoms with van der Waals surface area (Å²) in [5.74, 6) is -1.35. The Morgan fingerprint density at radius 2 is 2.00 bits per heavy atom. The first-order chi connectivity index (χ1) is 16.9. The molecular weight excluding hydrogens is 455 g/mol. The predicted molar refractivity (Wildman–Crippen MR) is 123 cm³/mol. The van der Waals surface area contributed by atoms with Crippen LogP contribution in [0, 0.1) is 24.6 Å². The van der Waals surface area contributed by atoms with Crippen LogP contribution in [0.25, 0.3) is 5.78 Å². The first-order valence-electron chi connectivity index (χ1n) is 11.5. The summed E-state index contributed by atoms with van der Waals surface area (Å²) in [6, 6.07) is 5.95. The van der Waals surface area contributed by atoms with Crippen LogP contribution in [-0.2, 0) is 16.1 Å². The minimum Gasteiger partial charge on any atom is -0.469 e. The lowest BCUT2D eigenvalue weighted by Gasteiger charge is -2.27. The van der Waals surface area contributed by atoms with E-state index in [0.29, 0.717) is 18.5 Å². The number of hydrogen-bond acceptors (Lipinski definition) is 7. The van der Waals surface area contributed by atoms with Crippen LogP contribution in [-0.4, -0.2) is 51.0 Å². The Hall–Kier alpha value is -3.89. The average Bonchev–Trinajstić information content (AvgIpc) is 3.35. The van der Waals surface area contributed by atoms with Crippen molar-refractivity contribution in [2.24, 2.45) is 11.8 Å². The number of benzene rings is 1. The third-order valence-electron chi connectivity index (χ3n) is 6.26. The predicted octanol–water partition coefficient (Wildman–Crippen LogP) is 2.21. The SMILES string of the molecule is COC(=O)C1CCC[C@@H](CNC(=O)c2cc(C(=O)NCc3ccc(F)c(C)c3)nc3ncnn23)C1. The number of methoxy groups -OCH3 is 1. The highest BCUT2D eigenvalue weighted by Gasteiger charge is 2.28. The van der Waals surface area contributed by atoms with Crippen molar-refractivity contribution in [1.82, 2.24) is 30.2 Å². The fourth-order valence-electron chi connectivity index (χ4n) is 4.36. The molecule has 10 nitrogen and oxygen atoms in total. The van der Waals surface area contributed by atoms with Gasteiger partial charge in [0.05, 0.1) is 13.0 Å². The van der Waals surface area contributed by atoms with Gasteiger partial charge in [-0.1, -0.05) is 18.6 Å². The number of ether oxygens (including phenoxy) is 1. The van der Waals surface area contributed by atoms with Gasteiger partial charge in [0.2, 0.25) is 0 Å². The van der Waals surface area contributed by atoms with Crippen molar-refractivity contribution in [3.05, 3.63) is 58.9 Å². The molecule has 1 aliphatic carbocycles. The molecule has 4 rings (SSSR count). The quantitative estimate of drug-likeness (QED) is 0.494. The van der Waals surface area contributed by atoms with Gasteiger partial charge in [0, 0.05) is 19.2 Å². The topological polar surface area (TPSA) is 128 Å². The van der Waals surface area contributed by atoms with Gasteiger partial charge in [0.15, 0.2) is 0 Å². The first kappa shape index (κ1) is 24.2. The van der Waals surface area contributed by atoms with Crippen molar-refractivity contribution in [3.8, 4) is 0 Å². The third kappa shape index (κ3) is 5.61. The number of nitrogens with zero attached hydrogens (tertiary/aromatic N) is 4. The second kappa shape index (κ2) is 10.6. The molecule has 0 aliphatic heterocycles. The van der Waals surface area contributed by atoms with Crippen LogP contribution < -0.4 is 10.6 Å². The molecule has 2 amide bonds. The van der Waals surface area contributed by atoms with Crippen molar-refractivity contribution in [1.29, 1.82) is 0 Å². The molecule has 2 N–H and O–H groups in total. The van der Waals surface area contributed by atoms with E-state index in [1.807, 2.05) is 0 Å². The molecule has 184 valence electrons. The Bertz CT molecular complexity index is 1260. The lowest BCUT2D eigenvalue weighted by Crippen LogP contribution is -2.35. The van der Waals surface area contributed by atoms with E-state index in [2.05, 4.69) is 25.7 Å². The van der Waals surface area contributed by atoms with Crippen LogP contribution in [0.15, 0.2) is 30.6 Å². The van der Waals surface area contributed by atoms with Gasteiger partial charge in [-0.3, -0.25) is 14.4 Å². The van der Waals surface area contributed by atoms with Gasteiger partial charge in [-0.25, -0.2) is 9.37 Å². The van der Waals surface area contributed by atoms with Gasteiger partial charge in [-0.05, 0) is 49.3 Å². The first-order valence-corrected chi connectivity index (χ1v) is 11.5. The summed E-state index contributed by atoms with van der Waals surface area (Å²) < 4.78 is 19.6. The monoisotopic (exact) mass is 482 g/mol. The largest absolute Gasteiger partial charge is 0.469 e. The van der Waals surface area contributed by atoms with Gasteiger partial charge in [0.25, 0.3) is 17.6 Å². The molecule has 2 aromatic heterocycles. The number of hydrogen-bond donors (Lipinski definition) is 2.